The number of carbonyl (C=O) groups is 1. The molecule has 0 saturated heterocycles. The molecule has 16 heavy (non-hydrogen) atoms. The highest BCUT2D eigenvalue weighted by molar-refractivity contribution is 9.09. The Kier molecular flexibility index (Phi) is 5.53. The van der Waals surface area contributed by atoms with E-state index < -0.39 is 0 Å². The molecular weight excluding hydrogens is 268 g/mol. The van der Waals surface area contributed by atoms with E-state index in [-0.39, 0.29) is 5.78 Å². The third-order valence-corrected chi connectivity index (χ3v) is 2.77. The predicted octanol–water partition coefficient (Wildman–Crippen LogP) is 3.62. The maximum Gasteiger partial charge on any atom is 0.167 e. The highest BCUT2D eigenvalue weighted by Crippen LogP contribution is 2.22. The number of aryl methyl sites for hydroxylation is 1. The molecule has 0 heterocycles. The molecule has 0 atom stereocenters. The van der Waals surface area contributed by atoms with Crippen molar-refractivity contribution in [2.45, 2.75) is 26.7 Å². The van der Waals surface area contributed by atoms with E-state index in [2.05, 4.69) is 22.9 Å². The van der Waals surface area contributed by atoms with Gasteiger partial charge in [-0.1, -0.05) is 28.9 Å². The number of rotatable bonds is 6. The summed E-state index contributed by atoms with van der Waals surface area (Å²) in [5, 5.41) is 0.688. The molecule has 88 valence electrons. The first-order valence-electron chi connectivity index (χ1n) is 5.57. The number of ether oxygens (including phenoxy) is 1. The molecule has 0 N–H and O–H groups in total. The first-order valence-corrected chi connectivity index (χ1v) is 6.70. The van der Waals surface area contributed by atoms with Crippen molar-refractivity contribution in [2.24, 2.45) is 0 Å². The maximum absolute atomic E-state index is 11.9. The lowest BCUT2D eigenvalue weighted by atomic mass is 10.0. The molecule has 0 unspecified atom stereocenters. The van der Waals surface area contributed by atoms with Crippen LogP contribution in [0.2, 0.25) is 0 Å². The molecule has 1 rings (SSSR count). The van der Waals surface area contributed by atoms with E-state index in [1.165, 1.54) is 5.56 Å². The summed E-state index contributed by atoms with van der Waals surface area (Å²) < 4.78 is 5.47. The van der Waals surface area contributed by atoms with Crippen LogP contribution in [0.3, 0.4) is 0 Å². The normalized spacial score (nSPS) is 10.2. The topological polar surface area (TPSA) is 26.3 Å². The van der Waals surface area contributed by atoms with Crippen molar-refractivity contribution in [1.82, 2.24) is 0 Å². The van der Waals surface area contributed by atoms with E-state index in [4.69, 9.17) is 4.74 Å². The Hall–Kier alpha value is -0.830. The number of halogens is 1. The Morgan fingerprint density at radius 2 is 2.12 bits per heavy atom. The third-order valence-electron chi connectivity index (χ3n) is 2.37. The van der Waals surface area contributed by atoms with Crippen molar-refractivity contribution in [3.63, 3.8) is 0 Å². The minimum atomic E-state index is 0.135. The lowest BCUT2D eigenvalue weighted by Gasteiger charge is -2.10. The van der Waals surface area contributed by atoms with Crippen LogP contribution in [0, 0.1) is 0 Å². The summed E-state index contributed by atoms with van der Waals surface area (Å²) in [6.45, 7) is 4.58. The number of carbonyl (C=O) groups excluding carboxylic acids is 1. The van der Waals surface area contributed by atoms with Crippen LogP contribution < -0.4 is 4.74 Å². The van der Waals surface area contributed by atoms with Crippen LogP contribution in [0.4, 0.5) is 0 Å². The Bertz CT molecular complexity index is 361. The largest absolute Gasteiger partial charge is 0.493 e. The number of hydrogen-bond donors (Lipinski definition) is 0. The summed E-state index contributed by atoms with van der Waals surface area (Å²) in [5.41, 5.74) is 1.88. The molecule has 0 aromatic heterocycles. The highest BCUT2D eigenvalue weighted by Gasteiger charge is 2.12. The summed E-state index contributed by atoms with van der Waals surface area (Å²) >= 11 is 3.28. The minimum absolute atomic E-state index is 0.135. The van der Waals surface area contributed by atoms with Gasteiger partial charge in [0.2, 0.25) is 0 Å². The summed E-state index contributed by atoms with van der Waals surface area (Å²) in [5.74, 6) is 0.835. The van der Waals surface area contributed by atoms with Crippen LogP contribution in [0.1, 0.15) is 36.2 Å². The van der Waals surface area contributed by atoms with E-state index in [1.54, 1.807) is 0 Å². The monoisotopic (exact) mass is 284 g/mol. The average molecular weight is 285 g/mol. The van der Waals surface area contributed by atoms with Crippen LogP contribution in [0.5, 0.6) is 5.75 Å². The lowest BCUT2D eigenvalue weighted by Crippen LogP contribution is -2.05. The highest BCUT2D eigenvalue weighted by atomic mass is 79.9. The van der Waals surface area contributed by atoms with Gasteiger partial charge in [0, 0.05) is 11.8 Å². The first-order chi connectivity index (χ1) is 7.72. The molecular formula is C13H17BrO2. The molecule has 1 aromatic rings. The van der Waals surface area contributed by atoms with Gasteiger partial charge in [0.25, 0.3) is 0 Å². The van der Waals surface area contributed by atoms with Gasteiger partial charge in [-0.15, -0.1) is 0 Å². The van der Waals surface area contributed by atoms with E-state index in [0.29, 0.717) is 29.7 Å². The van der Waals surface area contributed by atoms with Gasteiger partial charge in [0.15, 0.2) is 5.78 Å². The molecule has 0 radical (unpaired) electrons. The summed E-state index contributed by atoms with van der Waals surface area (Å²) in [6.07, 6.45) is 1.44. The van der Waals surface area contributed by atoms with E-state index in [1.807, 2.05) is 25.1 Å². The second-order valence-corrected chi connectivity index (χ2v) is 4.27. The smallest absolute Gasteiger partial charge is 0.167 e. The van der Waals surface area contributed by atoms with Gasteiger partial charge < -0.3 is 4.74 Å². The van der Waals surface area contributed by atoms with Gasteiger partial charge in [0.1, 0.15) is 5.75 Å². The summed E-state index contributed by atoms with van der Waals surface area (Å²) in [4.78, 5) is 11.9. The molecule has 0 amide bonds. The Balaban J connectivity index is 3.04. The molecule has 0 saturated carbocycles. The van der Waals surface area contributed by atoms with Gasteiger partial charge in [-0.25, -0.2) is 0 Å². The fourth-order valence-electron chi connectivity index (χ4n) is 1.52. The zero-order valence-corrected chi connectivity index (χ0v) is 11.3. The molecule has 3 heteroatoms. The fraction of sp³-hybridized carbons (Fsp3) is 0.462. The quantitative estimate of drug-likeness (QED) is 0.589. The molecule has 0 spiro atoms. The molecule has 1 aromatic carbocycles. The zero-order chi connectivity index (χ0) is 12.0. The Morgan fingerprint density at radius 3 is 2.69 bits per heavy atom. The van der Waals surface area contributed by atoms with Crippen molar-refractivity contribution in [3.05, 3.63) is 29.3 Å². The number of ketones is 1. The SMILES string of the molecule is CCOc1ccc(CC)cc1C(=O)CCBr. The van der Waals surface area contributed by atoms with Gasteiger partial charge in [-0.2, -0.15) is 0 Å². The van der Waals surface area contributed by atoms with Gasteiger partial charge >= 0.3 is 0 Å². The first kappa shape index (κ1) is 13.2. The van der Waals surface area contributed by atoms with Crippen LogP contribution in [-0.4, -0.2) is 17.7 Å². The standard InChI is InChI=1S/C13H17BrO2/c1-3-10-5-6-13(16-4-2)11(9-10)12(15)7-8-14/h5-6,9H,3-4,7-8H2,1-2H3. The number of benzene rings is 1. The molecule has 0 bridgehead atoms. The molecule has 0 aliphatic carbocycles. The van der Waals surface area contributed by atoms with Crippen molar-refractivity contribution in [3.8, 4) is 5.75 Å². The van der Waals surface area contributed by atoms with Crippen molar-refractivity contribution in [2.75, 3.05) is 11.9 Å². The third kappa shape index (κ3) is 3.34. The van der Waals surface area contributed by atoms with E-state index in [0.717, 1.165) is 6.42 Å². The molecule has 0 aliphatic heterocycles. The number of Topliss-reactive ketones (excluding diaryl/α,β-unsaturated/α-hetero) is 1. The van der Waals surface area contributed by atoms with Crippen molar-refractivity contribution >= 4 is 21.7 Å². The fourth-order valence-corrected chi connectivity index (χ4v) is 1.88. The van der Waals surface area contributed by atoms with Crippen LogP contribution >= 0.6 is 15.9 Å². The number of hydrogen-bond acceptors (Lipinski definition) is 2. The summed E-state index contributed by atoms with van der Waals surface area (Å²) in [7, 11) is 0. The second-order valence-electron chi connectivity index (χ2n) is 3.48. The average Bonchev–Trinajstić information content (AvgIpc) is 2.30. The van der Waals surface area contributed by atoms with E-state index in [9.17, 15) is 4.79 Å². The molecule has 0 aliphatic rings. The predicted molar refractivity (Wildman–Crippen MR) is 69.7 cm³/mol. The Morgan fingerprint density at radius 1 is 1.38 bits per heavy atom. The van der Waals surface area contributed by atoms with E-state index >= 15 is 0 Å². The second kappa shape index (κ2) is 6.69. The zero-order valence-electron chi connectivity index (χ0n) is 9.75. The van der Waals surface area contributed by atoms with Gasteiger partial charge in [0.05, 0.1) is 12.2 Å². The van der Waals surface area contributed by atoms with Crippen molar-refractivity contribution < 1.29 is 9.53 Å². The van der Waals surface area contributed by atoms with Crippen LogP contribution in [-0.2, 0) is 6.42 Å². The molecule has 2 nitrogen and oxygen atoms in total. The molecule has 0 fully saturated rings. The van der Waals surface area contributed by atoms with Crippen molar-refractivity contribution in [1.29, 1.82) is 0 Å². The Labute approximate surface area is 105 Å². The summed E-state index contributed by atoms with van der Waals surface area (Å²) in [6, 6.07) is 5.84. The van der Waals surface area contributed by atoms with Crippen LogP contribution in [0.15, 0.2) is 18.2 Å². The van der Waals surface area contributed by atoms with Gasteiger partial charge in [-0.3, -0.25) is 4.79 Å². The van der Waals surface area contributed by atoms with Gasteiger partial charge in [-0.05, 0) is 31.0 Å². The minimum Gasteiger partial charge on any atom is -0.493 e. The maximum atomic E-state index is 11.9. The lowest BCUT2D eigenvalue weighted by molar-refractivity contribution is 0.0986. The van der Waals surface area contributed by atoms with Crippen LogP contribution in [0.25, 0.3) is 0 Å². The number of alkyl halides is 1.